The van der Waals surface area contributed by atoms with Crippen molar-refractivity contribution in [1.82, 2.24) is 4.98 Å². The lowest BCUT2D eigenvalue weighted by atomic mass is 10.0. The Bertz CT molecular complexity index is 540. The van der Waals surface area contributed by atoms with Gasteiger partial charge in [-0.25, -0.2) is 4.39 Å². The molecular weight excluding hydrogens is 363 g/mol. The Morgan fingerprint density at radius 2 is 1.89 bits per heavy atom. The first-order valence-electron chi connectivity index (χ1n) is 5.35. The lowest BCUT2D eigenvalue weighted by molar-refractivity contribution is 0.617. The van der Waals surface area contributed by atoms with Crippen LogP contribution in [0, 0.1) is 5.82 Å². The van der Waals surface area contributed by atoms with Crippen molar-refractivity contribution in [3.63, 3.8) is 0 Å². The molecule has 0 aliphatic heterocycles. The Kier molecular flexibility index (Phi) is 4.48. The molecule has 2 nitrogen and oxygen atoms in total. The van der Waals surface area contributed by atoms with Crippen molar-refractivity contribution in [2.24, 2.45) is 5.73 Å². The summed E-state index contributed by atoms with van der Waals surface area (Å²) in [5.41, 5.74) is 7.86. The standard InChI is InChI=1S/C13H11Br2FN2/c14-10-3-9(4-12(16)5-10)13(17)2-8-1-11(15)7-18-6-8/h1,3-7,13H,2,17H2. The number of rotatable bonds is 3. The van der Waals surface area contributed by atoms with Gasteiger partial charge in [0.25, 0.3) is 0 Å². The third-order valence-electron chi connectivity index (χ3n) is 2.53. The van der Waals surface area contributed by atoms with Gasteiger partial charge < -0.3 is 5.73 Å². The summed E-state index contributed by atoms with van der Waals surface area (Å²) in [4.78, 5) is 4.08. The number of hydrogen-bond acceptors (Lipinski definition) is 2. The predicted octanol–water partition coefficient (Wildman–Crippen LogP) is 3.99. The highest BCUT2D eigenvalue weighted by Crippen LogP contribution is 2.22. The summed E-state index contributed by atoms with van der Waals surface area (Å²) < 4.78 is 14.9. The van der Waals surface area contributed by atoms with Crippen molar-refractivity contribution in [2.75, 3.05) is 0 Å². The Morgan fingerprint density at radius 1 is 1.11 bits per heavy atom. The van der Waals surface area contributed by atoms with Crippen molar-refractivity contribution in [3.8, 4) is 0 Å². The van der Waals surface area contributed by atoms with Crippen molar-refractivity contribution in [1.29, 1.82) is 0 Å². The Hall–Kier alpha value is -0.780. The molecule has 0 fully saturated rings. The minimum atomic E-state index is -0.290. The van der Waals surface area contributed by atoms with Crippen molar-refractivity contribution in [3.05, 3.63) is 62.5 Å². The highest BCUT2D eigenvalue weighted by atomic mass is 79.9. The molecule has 0 aliphatic carbocycles. The summed E-state index contributed by atoms with van der Waals surface area (Å²) in [6.45, 7) is 0. The molecule has 2 aromatic rings. The van der Waals surface area contributed by atoms with Crippen LogP contribution < -0.4 is 5.73 Å². The van der Waals surface area contributed by atoms with Crippen LogP contribution >= 0.6 is 31.9 Å². The number of benzene rings is 1. The molecule has 18 heavy (non-hydrogen) atoms. The summed E-state index contributed by atoms with van der Waals surface area (Å²) in [7, 11) is 0. The van der Waals surface area contributed by atoms with E-state index in [1.54, 1.807) is 12.4 Å². The van der Waals surface area contributed by atoms with Crippen LogP contribution in [0.4, 0.5) is 4.39 Å². The normalized spacial score (nSPS) is 12.4. The fraction of sp³-hybridized carbons (Fsp3) is 0.154. The quantitative estimate of drug-likeness (QED) is 0.883. The van der Waals surface area contributed by atoms with Gasteiger partial charge in [-0.05, 0) is 57.7 Å². The largest absolute Gasteiger partial charge is 0.324 e. The zero-order valence-corrected chi connectivity index (χ0v) is 12.6. The second kappa shape index (κ2) is 5.91. The fourth-order valence-electron chi connectivity index (χ4n) is 1.73. The Labute approximate surface area is 122 Å². The van der Waals surface area contributed by atoms with E-state index >= 15 is 0 Å². The van der Waals surface area contributed by atoms with Crippen molar-refractivity contribution < 1.29 is 4.39 Å². The van der Waals surface area contributed by atoms with E-state index in [9.17, 15) is 4.39 Å². The van der Waals surface area contributed by atoms with Crippen LogP contribution in [-0.2, 0) is 6.42 Å². The van der Waals surface area contributed by atoms with Gasteiger partial charge in [-0.2, -0.15) is 0 Å². The van der Waals surface area contributed by atoms with Gasteiger partial charge in [0.05, 0.1) is 0 Å². The monoisotopic (exact) mass is 372 g/mol. The molecular formula is C13H11Br2FN2. The average Bonchev–Trinajstić information content (AvgIpc) is 2.27. The molecule has 2 N–H and O–H groups in total. The molecule has 0 aliphatic rings. The highest BCUT2D eigenvalue weighted by Gasteiger charge is 2.10. The van der Waals surface area contributed by atoms with Gasteiger partial charge in [0.2, 0.25) is 0 Å². The van der Waals surface area contributed by atoms with Gasteiger partial charge in [0.1, 0.15) is 5.82 Å². The van der Waals surface area contributed by atoms with Crippen LogP contribution in [0.1, 0.15) is 17.2 Å². The molecule has 1 atom stereocenters. The fourth-order valence-corrected chi connectivity index (χ4v) is 2.62. The molecule has 0 amide bonds. The maximum Gasteiger partial charge on any atom is 0.124 e. The summed E-state index contributed by atoms with van der Waals surface area (Å²) in [5.74, 6) is -0.290. The van der Waals surface area contributed by atoms with E-state index in [4.69, 9.17) is 5.73 Å². The Morgan fingerprint density at radius 3 is 2.56 bits per heavy atom. The number of halogens is 3. The van der Waals surface area contributed by atoms with Crippen LogP contribution in [0.5, 0.6) is 0 Å². The van der Waals surface area contributed by atoms with E-state index in [1.165, 1.54) is 12.1 Å². The van der Waals surface area contributed by atoms with E-state index in [0.29, 0.717) is 10.9 Å². The zero-order chi connectivity index (χ0) is 13.1. The topological polar surface area (TPSA) is 38.9 Å². The predicted molar refractivity (Wildman–Crippen MR) is 76.7 cm³/mol. The molecule has 0 saturated carbocycles. The van der Waals surface area contributed by atoms with Gasteiger partial charge in [-0.1, -0.05) is 15.9 Å². The molecule has 0 saturated heterocycles. The van der Waals surface area contributed by atoms with Crippen molar-refractivity contribution >= 4 is 31.9 Å². The van der Waals surface area contributed by atoms with Gasteiger partial charge in [-0.3, -0.25) is 4.98 Å². The van der Waals surface area contributed by atoms with Crippen LogP contribution in [0.3, 0.4) is 0 Å². The molecule has 1 heterocycles. The maximum absolute atomic E-state index is 13.3. The van der Waals surface area contributed by atoms with Gasteiger partial charge in [0, 0.05) is 27.4 Å². The van der Waals surface area contributed by atoms with E-state index in [0.717, 1.165) is 15.6 Å². The summed E-state index contributed by atoms with van der Waals surface area (Å²) in [6.07, 6.45) is 4.09. The second-order valence-corrected chi connectivity index (χ2v) is 5.86. The summed E-state index contributed by atoms with van der Waals surface area (Å²) >= 11 is 6.62. The smallest absolute Gasteiger partial charge is 0.124 e. The zero-order valence-electron chi connectivity index (χ0n) is 9.41. The van der Waals surface area contributed by atoms with E-state index in [1.807, 2.05) is 12.1 Å². The van der Waals surface area contributed by atoms with Crippen LogP contribution in [-0.4, -0.2) is 4.98 Å². The molecule has 0 radical (unpaired) electrons. The van der Waals surface area contributed by atoms with Gasteiger partial charge in [-0.15, -0.1) is 0 Å². The van der Waals surface area contributed by atoms with Crippen molar-refractivity contribution in [2.45, 2.75) is 12.5 Å². The highest BCUT2D eigenvalue weighted by molar-refractivity contribution is 9.10. The Balaban J connectivity index is 2.19. The van der Waals surface area contributed by atoms with E-state index < -0.39 is 0 Å². The van der Waals surface area contributed by atoms with Gasteiger partial charge >= 0.3 is 0 Å². The number of nitrogens with zero attached hydrogens (tertiary/aromatic N) is 1. The van der Waals surface area contributed by atoms with Crippen LogP contribution in [0.15, 0.2) is 45.6 Å². The average molecular weight is 374 g/mol. The molecule has 1 aromatic carbocycles. The van der Waals surface area contributed by atoms with E-state index in [-0.39, 0.29) is 11.9 Å². The molecule has 2 rings (SSSR count). The molecule has 94 valence electrons. The summed E-state index contributed by atoms with van der Waals surface area (Å²) in [5, 5.41) is 0. The molecule has 1 aromatic heterocycles. The first kappa shape index (κ1) is 13.6. The van der Waals surface area contributed by atoms with E-state index in [2.05, 4.69) is 36.8 Å². The summed E-state index contributed by atoms with van der Waals surface area (Å²) in [6, 6.07) is 6.41. The minimum Gasteiger partial charge on any atom is -0.324 e. The number of aromatic nitrogens is 1. The second-order valence-electron chi connectivity index (χ2n) is 4.02. The third kappa shape index (κ3) is 3.60. The minimum absolute atomic E-state index is 0.256. The molecule has 0 bridgehead atoms. The first-order chi connectivity index (χ1) is 8.54. The van der Waals surface area contributed by atoms with Crippen LogP contribution in [0.2, 0.25) is 0 Å². The first-order valence-corrected chi connectivity index (χ1v) is 6.94. The molecule has 1 unspecified atom stereocenters. The maximum atomic E-state index is 13.3. The SMILES string of the molecule is NC(Cc1cncc(Br)c1)c1cc(F)cc(Br)c1. The third-order valence-corrected chi connectivity index (χ3v) is 3.42. The number of hydrogen-bond donors (Lipinski definition) is 1. The molecule has 5 heteroatoms. The number of nitrogens with two attached hydrogens (primary N) is 1. The van der Waals surface area contributed by atoms with Crippen LogP contribution in [0.25, 0.3) is 0 Å². The lowest BCUT2D eigenvalue weighted by Crippen LogP contribution is -2.13. The number of pyridine rings is 1. The lowest BCUT2D eigenvalue weighted by Gasteiger charge is -2.12. The van der Waals surface area contributed by atoms with Gasteiger partial charge in [0.15, 0.2) is 0 Å². The molecule has 0 spiro atoms.